The van der Waals surface area contributed by atoms with Crippen molar-refractivity contribution in [3.8, 4) is 0 Å². The molecule has 27 heavy (non-hydrogen) atoms. The molecule has 1 fully saturated rings. The average molecular weight is 382 g/mol. The zero-order valence-corrected chi connectivity index (χ0v) is 16.1. The van der Waals surface area contributed by atoms with Gasteiger partial charge in [-0.15, -0.1) is 0 Å². The largest absolute Gasteiger partial charge is 0.306 e. The van der Waals surface area contributed by atoms with Crippen LogP contribution in [-0.4, -0.2) is 44.5 Å². The number of sulfonamides is 1. The van der Waals surface area contributed by atoms with Crippen molar-refractivity contribution in [2.24, 2.45) is 0 Å². The molecule has 3 aromatic rings. The van der Waals surface area contributed by atoms with Gasteiger partial charge in [-0.25, -0.2) is 8.42 Å². The number of hydrogen-bond acceptors (Lipinski definition) is 4. The van der Waals surface area contributed by atoms with Crippen LogP contribution >= 0.6 is 0 Å². The first-order valence-corrected chi connectivity index (χ1v) is 10.6. The van der Waals surface area contributed by atoms with E-state index in [-0.39, 0.29) is 6.04 Å². The number of hydrogen-bond donors (Lipinski definition) is 0. The summed E-state index contributed by atoms with van der Waals surface area (Å²) in [6.45, 7) is 1.78. The van der Waals surface area contributed by atoms with Gasteiger partial charge in [0.25, 0.3) is 10.0 Å². The molecular formula is C21H23N3O2S. The highest BCUT2D eigenvalue weighted by Crippen LogP contribution is 2.32. The van der Waals surface area contributed by atoms with Crippen LogP contribution in [0.4, 0.5) is 5.69 Å². The Labute approximate surface area is 160 Å². The minimum atomic E-state index is -3.72. The molecule has 0 unspecified atom stereocenters. The minimum Gasteiger partial charge on any atom is -0.306 e. The molecule has 1 aliphatic heterocycles. The summed E-state index contributed by atoms with van der Waals surface area (Å²) in [5.74, 6) is 0. The number of fused-ring (bicyclic) bond motifs is 1. The van der Waals surface area contributed by atoms with Gasteiger partial charge in [0.15, 0.2) is 0 Å². The maximum absolute atomic E-state index is 13.8. The van der Waals surface area contributed by atoms with Gasteiger partial charge in [0, 0.05) is 17.6 Å². The van der Waals surface area contributed by atoms with E-state index in [1.165, 1.54) is 0 Å². The van der Waals surface area contributed by atoms with Crippen LogP contribution in [0.3, 0.4) is 0 Å². The summed E-state index contributed by atoms with van der Waals surface area (Å²) in [5.41, 5.74) is 1.41. The van der Waals surface area contributed by atoms with E-state index in [4.69, 9.17) is 0 Å². The molecule has 4 rings (SSSR count). The van der Waals surface area contributed by atoms with Crippen LogP contribution in [0.5, 0.6) is 0 Å². The lowest BCUT2D eigenvalue weighted by Gasteiger charge is -2.38. The molecule has 0 amide bonds. The monoisotopic (exact) mass is 381 g/mol. The lowest BCUT2D eigenvalue weighted by molar-refractivity contribution is 0.257. The Hall–Kier alpha value is -2.44. The van der Waals surface area contributed by atoms with Crippen LogP contribution in [-0.2, 0) is 10.0 Å². The SMILES string of the molecule is CN1CCC(N(c2ccccc2)S(=O)(=O)c2cccc3ncccc23)CC1. The summed E-state index contributed by atoms with van der Waals surface area (Å²) in [5, 5.41) is 0.661. The predicted molar refractivity (Wildman–Crippen MR) is 108 cm³/mol. The fourth-order valence-electron chi connectivity index (χ4n) is 3.76. The van der Waals surface area contributed by atoms with Crippen molar-refractivity contribution in [3.05, 3.63) is 66.9 Å². The molecule has 0 aliphatic carbocycles. The molecular weight excluding hydrogens is 358 g/mol. The van der Waals surface area contributed by atoms with E-state index in [1.807, 2.05) is 42.5 Å². The number of piperidine rings is 1. The number of rotatable bonds is 4. The van der Waals surface area contributed by atoms with Crippen LogP contribution in [0.1, 0.15) is 12.8 Å². The second-order valence-corrected chi connectivity index (χ2v) is 8.78. The highest BCUT2D eigenvalue weighted by atomic mass is 32.2. The van der Waals surface area contributed by atoms with E-state index in [0.717, 1.165) is 25.9 Å². The molecule has 1 aromatic heterocycles. The highest BCUT2D eigenvalue weighted by Gasteiger charge is 2.34. The van der Waals surface area contributed by atoms with E-state index in [9.17, 15) is 8.42 Å². The van der Waals surface area contributed by atoms with Gasteiger partial charge in [0.2, 0.25) is 0 Å². The van der Waals surface area contributed by atoms with Crippen molar-refractivity contribution in [1.29, 1.82) is 0 Å². The summed E-state index contributed by atoms with van der Waals surface area (Å²) < 4.78 is 29.3. The van der Waals surface area contributed by atoms with Crippen LogP contribution < -0.4 is 4.31 Å². The smallest absolute Gasteiger partial charge is 0.265 e. The molecule has 5 nitrogen and oxygen atoms in total. The second kappa shape index (κ2) is 7.29. The third kappa shape index (κ3) is 3.42. The van der Waals surface area contributed by atoms with E-state index in [1.54, 1.807) is 28.7 Å². The van der Waals surface area contributed by atoms with E-state index < -0.39 is 10.0 Å². The summed E-state index contributed by atoms with van der Waals surface area (Å²) in [6, 6.07) is 18.3. The van der Waals surface area contributed by atoms with Crippen LogP contribution in [0, 0.1) is 0 Å². The molecule has 0 bridgehead atoms. The van der Waals surface area contributed by atoms with Gasteiger partial charge in [0.1, 0.15) is 0 Å². The zero-order chi connectivity index (χ0) is 18.9. The molecule has 2 aromatic carbocycles. The van der Waals surface area contributed by atoms with Crippen molar-refractivity contribution in [2.75, 3.05) is 24.4 Å². The number of para-hydroxylation sites is 1. The lowest BCUT2D eigenvalue weighted by atomic mass is 10.1. The summed E-state index contributed by atoms with van der Waals surface area (Å²) >= 11 is 0. The normalized spacial score (nSPS) is 16.5. The van der Waals surface area contributed by atoms with Crippen LogP contribution in [0.25, 0.3) is 10.9 Å². The van der Waals surface area contributed by atoms with Gasteiger partial charge < -0.3 is 4.90 Å². The molecule has 6 heteroatoms. The molecule has 0 atom stereocenters. The van der Waals surface area contributed by atoms with Crippen LogP contribution in [0.2, 0.25) is 0 Å². The summed E-state index contributed by atoms with van der Waals surface area (Å²) in [7, 11) is -1.65. The number of pyridine rings is 1. The summed E-state index contributed by atoms with van der Waals surface area (Å²) in [6.07, 6.45) is 3.31. The van der Waals surface area contributed by atoms with Crippen molar-refractivity contribution in [2.45, 2.75) is 23.8 Å². The predicted octanol–water partition coefficient (Wildman–Crippen LogP) is 3.52. The second-order valence-electron chi connectivity index (χ2n) is 7.00. The van der Waals surface area contributed by atoms with Crippen LogP contribution in [0.15, 0.2) is 71.8 Å². The fraction of sp³-hybridized carbons (Fsp3) is 0.286. The number of nitrogens with zero attached hydrogens (tertiary/aromatic N) is 3. The first-order valence-electron chi connectivity index (χ1n) is 9.19. The Kier molecular flexibility index (Phi) is 4.85. The van der Waals surface area contributed by atoms with E-state index >= 15 is 0 Å². The van der Waals surface area contributed by atoms with Gasteiger partial charge in [-0.3, -0.25) is 9.29 Å². The van der Waals surface area contributed by atoms with Gasteiger partial charge in [0.05, 0.1) is 16.1 Å². The van der Waals surface area contributed by atoms with E-state index in [2.05, 4.69) is 16.9 Å². The lowest BCUT2D eigenvalue weighted by Crippen LogP contribution is -2.46. The Bertz CT molecular complexity index is 1020. The number of aromatic nitrogens is 1. The number of anilines is 1. The quantitative estimate of drug-likeness (QED) is 0.694. The van der Waals surface area contributed by atoms with E-state index in [0.29, 0.717) is 21.5 Å². The van der Waals surface area contributed by atoms with Gasteiger partial charge >= 0.3 is 0 Å². The third-order valence-corrected chi connectivity index (χ3v) is 7.11. The Morgan fingerprint density at radius 1 is 0.963 bits per heavy atom. The number of benzene rings is 2. The van der Waals surface area contributed by atoms with Gasteiger partial charge in [-0.2, -0.15) is 0 Å². The highest BCUT2D eigenvalue weighted by molar-refractivity contribution is 7.93. The van der Waals surface area contributed by atoms with Crippen molar-refractivity contribution < 1.29 is 8.42 Å². The average Bonchev–Trinajstić information content (AvgIpc) is 2.70. The first-order chi connectivity index (χ1) is 13.1. The van der Waals surface area contributed by atoms with Crippen molar-refractivity contribution in [1.82, 2.24) is 9.88 Å². The standard InChI is InChI=1S/C21H23N3O2S/c1-23-15-12-18(13-16-23)24(17-7-3-2-4-8-17)27(25,26)21-11-5-10-20-19(21)9-6-14-22-20/h2-11,14,18H,12-13,15-16H2,1H3. The Balaban J connectivity index is 1.85. The Morgan fingerprint density at radius 3 is 2.44 bits per heavy atom. The molecule has 1 saturated heterocycles. The Morgan fingerprint density at radius 2 is 1.70 bits per heavy atom. The molecule has 2 heterocycles. The minimum absolute atomic E-state index is 0.0551. The molecule has 0 radical (unpaired) electrons. The first kappa shape index (κ1) is 17.9. The zero-order valence-electron chi connectivity index (χ0n) is 15.3. The van der Waals surface area contributed by atoms with Gasteiger partial charge in [-0.05, 0) is 69.4 Å². The number of likely N-dealkylation sites (tertiary alicyclic amines) is 1. The molecule has 0 spiro atoms. The molecule has 1 aliphatic rings. The fourth-order valence-corrected chi connectivity index (χ4v) is 5.67. The summed E-state index contributed by atoms with van der Waals surface area (Å²) in [4.78, 5) is 6.88. The van der Waals surface area contributed by atoms with Crippen molar-refractivity contribution in [3.63, 3.8) is 0 Å². The van der Waals surface area contributed by atoms with Gasteiger partial charge in [-0.1, -0.05) is 24.3 Å². The molecule has 0 saturated carbocycles. The molecule has 0 N–H and O–H groups in total. The molecule has 140 valence electrons. The van der Waals surface area contributed by atoms with Crippen molar-refractivity contribution >= 4 is 26.6 Å². The third-order valence-electron chi connectivity index (χ3n) is 5.17. The maximum Gasteiger partial charge on any atom is 0.265 e. The maximum atomic E-state index is 13.8. The topological polar surface area (TPSA) is 53.5 Å².